The monoisotopic (exact) mass is 699 g/mol. The van der Waals surface area contributed by atoms with Crippen molar-refractivity contribution in [3.63, 3.8) is 0 Å². The average Bonchev–Trinajstić information content (AvgIpc) is 3.77. The molecule has 2 aromatic heterocycles. The normalized spacial score (nSPS) is 13.3. The highest BCUT2D eigenvalue weighted by Crippen LogP contribution is 2.33. The number of carbonyl (C=O) groups is 3. The molecule has 0 unspecified atom stereocenters. The summed E-state index contributed by atoms with van der Waals surface area (Å²) >= 11 is 0. The molecule has 0 spiro atoms. The minimum atomic E-state index is -1.03. The van der Waals surface area contributed by atoms with E-state index in [1.165, 1.54) is 12.8 Å². The first-order valence-electron chi connectivity index (χ1n) is 17.2. The predicted molar refractivity (Wildman–Crippen MR) is 187 cm³/mol. The van der Waals surface area contributed by atoms with Crippen LogP contribution < -0.4 is 26.6 Å². The van der Waals surface area contributed by atoms with E-state index in [0.717, 1.165) is 24.1 Å². The zero-order chi connectivity index (χ0) is 35.8. The Kier molecular flexibility index (Phi) is 15.0. The van der Waals surface area contributed by atoms with Crippen molar-refractivity contribution in [1.29, 1.82) is 0 Å². The number of fused-ring (bicyclic) bond motifs is 1. The molecule has 0 bridgehead atoms. The summed E-state index contributed by atoms with van der Waals surface area (Å²) in [6.45, 7) is 7.75. The number of hydrogen-bond acceptors (Lipinski definition) is 11. The van der Waals surface area contributed by atoms with Crippen LogP contribution in [0.3, 0.4) is 0 Å². The highest BCUT2D eigenvalue weighted by Gasteiger charge is 2.22. The van der Waals surface area contributed by atoms with E-state index in [2.05, 4.69) is 41.1 Å². The molecule has 1 aromatic carbocycles. The maximum absolute atomic E-state index is 12.6. The molecule has 1 saturated carbocycles. The number of alkyl carbamates (subject to hydrolysis) is 1. The lowest BCUT2D eigenvalue weighted by Gasteiger charge is -2.19. The summed E-state index contributed by atoms with van der Waals surface area (Å²) in [6.07, 6.45) is 6.43. The van der Waals surface area contributed by atoms with Crippen LogP contribution in [0.4, 0.5) is 21.0 Å². The van der Waals surface area contributed by atoms with E-state index in [9.17, 15) is 18.8 Å². The third-order valence-corrected chi connectivity index (χ3v) is 7.71. The van der Waals surface area contributed by atoms with Gasteiger partial charge < -0.3 is 45.4 Å². The smallest absolute Gasteiger partial charge is 0.407 e. The molecule has 3 amide bonds. The minimum Gasteiger partial charge on any atom is -0.444 e. The highest BCUT2D eigenvalue weighted by atomic mass is 19.1. The number of amides is 3. The second kappa shape index (κ2) is 19.6. The van der Waals surface area contributed by atoms with E-state index in [-0.39, 0.29) is 5.91 Å². The molecule has 4 rings (SSSR count). The topological polar surface area (TPSA) is 183 Å². The van der Waals surface area contributed by atoms with Crippen molar-refractivity contribution in [3.8, 4) is 0 Å². The first-order chi connectivity index (χ1) is 24.1. The Morgan fingerprint density at radius 2 is 1.58 bits per heavy atom. The van der Waals surface area contributed by atoms with Gasteiger partial charge in [-0.25, -0.2) is 14.2 Å². The lowest BCUT2D eigenvalue weighted by molar-refractivity contribution is -0.121. The fourth-order valence-corrected chi connectivity index (χ4v) is 5.29. The van der Waals surface area contributed by atoms with E-state index in [4.69, 9.17) is 19.2 Å². The Morgan fingerprint density at radius 3 is 2.26 bits per heavy atom. The number of ether oxygens (including phenoxy) is 3. The first kappa shape index (κ1) is 38.2. The molecule has 0 radical (unpaired) electrons. The molecule has 0 saturated heterocycles. The molecule has 0 aliphatic heterocycles. The SMILES string of the molecule is CC(C)(C)OC(=O)NCCOCCOCCNC(=O)c1ccc(CNc2nc(NCCCNC(=O)CF)nc3c2ncn3C2CCCC2)cc1. The van der Waals surface area contributed by atoms with Gasteiger partial charge in [-0.15, -0.1) is 0 Å². The fraction of sp³-hybridized carbons (Fsp3) is 0.588. The van der Waals surface area contributed by atoms with Crippen molar-refractivity contribution in [2.24, 2.45) is 0 Å². The van der Waals surface area contributed by atoms with Gasteiger partial charge in [0, 0.05) is 44.3 Å². The quantitative estimate of drug-likeness (QED) is 0.108. The van der Waals surface area contributed by atoms with Crippen LogP contribution in [0, 0.1) is 0 Å². The average molecular weight is 700 g/mol. The molecule has 50 heavy (non-hydrogen) atoms. The van der Waals surface area contributed by atoms with Crippen LogP contribution in [-0.4, -0.2) is 102 Å². The van der Waals surface area contributed by atoms with Gasteiger partial charge in [0.25, 0.3) is 11.8 Å². The maximum atomic E-state index is 12.6. The van der Waals surface area contributed by atoms with Gasteiger partial charge in [-0.3, -0.25) is 9.59 Å². The van der Waals surface area contributed by atoms with Crippen LogP contribution >= 0.6 is 0 Å². The predicted octanol–water partition coefficient (Wildman–Crippen LogP) is 3.73. The van der Waals surface area contributed by atoms with Gasteiger partial charge in [0.05, 0.1) is 32.8 Å². The fourth-order valence-electron chi connectivity index (χ4n) is 5.29. The number of benzene rings is 1. The lowest BCUT2D eigenvalue weighted by Crippen LogP contribution is -2.34. The Bertz CT molecular complexity index is 1520. The number of nitrogens with one attached hydrogen (secondary N) is 5. The molecule has 15 nitrogen and oxygen atoms in total. The van der Waals surface area contributed by atoms with Crippen molar-refractivity contribution in [2.45, 2.75) is 71.1 Å². The summed E-state index contributed by atoms with van der Waals surface area (Å²) in [5.74, 6) is 0.195. The minimum absolute atomic E-state index is 0.201. The zero-order valence-corrected chi connectivity index (χ0v) is 29.2. The Balaban J connectivity index is 1.20. The number of aromatic nitrogens is 4. The van der Waals surface area contributed by atoms with Crippen LogP contribution in [0.5, 0.6) is 0 Å². The molecular formula is C34H50FN9O6. The largest absolute Gasteiger partial charge is 0.444 e. The van der Waals surface area contributed by atoms with Crippen molar-refractivity contribution in [1.82, 2.24) is 35.5 Å². The van der Waals surface area contributed by atoms with Crippen LogP contribution in [0.25, 0.3) is 11.2 Å². The molecule has 1 aliphatic carbocycles. The number of halogens is 1. The van der Waals surface area contributed by atoms with Crippen LogP contribution in [-0.2, 0) is 25.5 Å². The molecule has 1 fully saturated rings. The standard InChI is InChI=1S/C34H50FN9O6/c1-34(2,3)50-33(47)39-16-18-49-20-19-48-17-15-37-31(46)25-11-9-24(10-12-25)22-40-29-28-30(44(23-41-28)26-7-4-5-8-26)43-32(42-29)38-14-6-13-36-27(45)21-35/h9-12,23,26H,4-8,13-22H2,1-3H3,(H,36,45)(H,37,46)(H,39,47)(H2,38,40,42,43). The summed E-state index contributed by atoms with van der Waals surface area (Å²) < 4.78 is 30.6. The van der Waals surface area contributed by atoms with E-state index >= 15 is 0 Å². The number of carbonyl (C=O) groups excluding carboxylic acids is 3. The van der Waals surface area contributed by atoms with Crippen LogP contribution in [0.2, 0.25) is 0 Å². The number of hydrogen-bond donors (Lipinski definition) is 5. The van der Waals surface area contributed by atoms with Gasteiger partial charge in [0.1, 0.15) is 5.60 Å². The molecule has 2 heterocycles. The van der Waals surface area contributed by atoms with Crippen molar-refractivity contribution in [2.75, 3.05) is 69.9 Å². The number of anilines is 2. The van der Waals surface area contributed by atoms with Gasteiger partial charge in [0.2, 0.25) is 5.95 Å². The van der Waals surface area contributed by atoms with Gasteiger partial charge >= 0.3 is 6.09 Å². The maximum Gasteiger partial charge on any atom is 0.407 e. The van der Waals surface area contributed by atoms with Gasteiger partial charge in [0.15, 0.2) is 23.7 Å². The third kappa shape index (κ3) is 12.7. The highest BCUT2D eigenvalue weighted by molar-refractivity contribution is 5.94. The van der Waals surface area contributed by atoms with Gasteiger partial charge in [-0.2, -0.15) is 9.97 Å². The van der Waals surface area contributed by atoms with Crippen LogP contribution in [0.1, 0.15) is 74.8 Å². The summed E-state index contributed by atoms with van der Waals surface area (Å²) in [5.41, 5.74) is 2.36. The lowest BCUT2D eigenvalue weighted by atomic mass is 10.1. The molecule has 274 valence electrons. The van der Waals surface area contributed by atoms with Crippen molar-refractivity contribution in [3.05, 3.63) is 41.7 Å². The summed E-state index contributed by atoms with van der Waals surface area (Å²) in [5, 5.41) is 14.6. The number of rotatable bonds is 20. The Morgan fingerprint density at radius 1 is 0.880 bits per heavy atom. The number of alkyl halides is 1. The summed E-state index contributed by atoms with van der Waals surface area (Å²) in [7, 11) is 0. The first-order valence-corrected chi connectivity index (χ1v) is 17.2. The Labute approximate surface area is 291 Å². The zero-order valence-electron chi connectivity index (χ0n) is 29.2. The van der Waals surface area contributed by atoms with E-state index in [1.54, 1.807) is 32.9 Å². The van der Waals surface area contributed by atoms with Crippen molar-refractivity contribution >= 4 is 40.8 Å². The molecular weight excluding hydrogens is 649 g/mol. The molecule has 5 N–H and O–H groups in total. The van der Waals surface area contributed by atoms with Crippen LogP contribution in [0.15, 0.2) is 30.6 Å². The van der Waals surface area contributed by atoms with Gasteiger partial charge in [-0.05, 0) is 57.7 Å². The summed E-state index contributed by atoms with van der Waals surface area (Å²) in [4.78, 5) is 49.5. The van der Waals surface area contributed by atoms with E-state index < -0.39 is 24.3 Å². The molecule has 0 atom stereocenters. The molecule has 1 aliphatic rings. The van der Waals surface area contributed by atoms with E-state index in [0.29, 0.717) is 94.5 Å². The molecule has 3 aromatic rings. The Hall–Kier alpha value is -4.57. The molecule has 16 heteroatoms. The third-order valence-electron chi connectivity index (χ3n) is 7.71. The second-order valence-electron chi connectivity index (χ2n) is 12.9. The van der Waals surface area contributed by atoms with Gasteiger partial charge in [-0.1, -0.05) is 25.0 Å². The second-order valence-corrected chi connectivity index (χ2v) is 12.9. The van der Waals surface area contributed by atoms with E-state index in [1.807, 2.05) is 18.5 Å². The number of nitrogens with zero attached hydrogens (tertiary/aromatic N) is 4. The number of imidazole rings is 1. The summed E-state index contributed by atoms with van der Waals surface area (Å²) in [6, 6.07) is 7.65. The van der Waals surface area contributed by atoms with Crippen molar-refractivity contribution < 1.29 is 33.0 Å².